The third kappa shape index (κ3) is 2.32. The third-order valence-electron chi connectivity index (χ3n) is 2.16. The lowest BCUT2D eigenvalue weighted by atomic mass is 9.98. The van der Waals surface area contributed by atoms with Crippen LogP contribution in [0.25, 0.3) is 0 Å². The maximum atomic E-state index is 9.61. The lowest BCUT2D eigenvalue weighted by Crippen LogP contribution is -2.16. The van der Waals surface area contributed by atoms with Crippen molar-refractivity contribution in [1.29, 1.82) is 10.5 Å². The first kappa shape index (κ1) is 11.2. The van der Waals surface area contributed by atoms with Crippen LogP contribution < -0.4 is 0 Å². The van der Waals surface area contributed by atoms with Crippen LogP contribution in [0.15, 0.2) is 18.2 Å². The second-order valence-electron chi connectivity index (χ2n) is 3.20. The fourth-order valence-electron chi connectivity index (χ4n) is 1.27. The minimum atomic E-state index is -1.47. The van der Waals surface area contributed by atoms with Gasteiger partial charge in [0.1, 0.15) is 6.10 Å². The highest BCUT2D eigenvalue weighted by molar-refractivity contribution is 5.39. The van der Waals surface area contributed by atoms with Crippen LogP contribution in [0, 0.1) is 29.6 Å². The van der Waals surface area contributed by atoms with E-state index in [2.05, 4.69) is 0 Å². The van der Waals surface area contributed by atoms with Gasteiger partial charge in [-0.2, -0.15) is 10.5 Å². The van der Waals surface area contributed by atoms with Gasteiger partial charge in [0.05, 0.1) is 17.7 Å². The largest absolute Gasteiger partial charge is 0.385 e. The zero-order valence-electron chi connectivity index (χ0n) is 8.18. The molecule has 0 spiro atoms. The molecular formula is C11H10N2O2. The first-order valence-electron chi connectivity index (χ1n) is 4.36. The van der Waals surface area contributed by atoms with Gasteiger partial charge in [-0.15, -0.1) is 0 Å². The van der Waals surface area contributed by atoms with Gasteiger partial charge in [0, 0.05) is 0 Å². The van der Waals surface area contributed by atoms with E-state index in [1.807, 2.05) is 6.07 Å². The summed E-state index contributed by atoms with van der Waals surface area (Å²) in [5, 5.41) is 35.9. The highest BCUT2D eigenvalue weighted by atomic mass is 16.3. The van der Waals surface area contributed by atoms with Crippen molar-refractivity contribution >= 4 is 0 Å². The smallest absolute Gasteiger partial charge is 0.170 e. The first-order chi connectivity index (χ1) is 7.10. The molecule has 0 saturated carbocycles. The van der Waals surface area contributed by atoms with Crippen molar-refractivity contribution in [3.05, 3.63) is 34.9 Å². The molecule has 4 heteroatoms. The molecule has 76 valence electrons. The number of aliphatic hydroxyl groups excluding tert-OH is 2. The number of hydrogen-bond donors (Lipinski definition) is 2. The Balaban J connectivity index is 3.14. The van der Waals surface area contributed by atoms with Gasteiger partial charge in [0.25, 0.3) is 0 Å². The van der Waals surface area contributed by atoms with Crippen LogP contribution in [-0.4, -0.2) is 16.3 Å². The van der Waals surface area contributed by atoms with Crippen LogP contribution in [0.1, 0.15) is 22.8 Å². The number of rotatable bonds is 2. The van der Waals surface area contributed by atoms with Gasteiger partial charge < -0.3 is 10.2 Å². The Labute approximate surface area is 87.6 Å². The Hall–Kier alpha value is -1.88. The fraction of sp³-hybridized carbons (Fsp3) is 0.273. The monoisotopic (exact) mass is 202 g/mol. The molecule has 0 heterocycles. The lowest BCUT2D eigenvalue weighted by Gasteiger charge is -2.14. The summed E-state index contributed by atoms with van der Waals surface area (Å²) in [6.45, 7) is 1.74. The second-order valence-corrected chi connectivity index (χ2v) is 3.20. The van der Waals surface area contributed by atoms with Gasteiger partial charge in [-0.1, -0.05) is 6.07 Å². The minimum absolute atomic E-state index is 0.389. The Kier molecular flexibility index (Phi) is 3.41. The van der Waals surface area contributed by atoms with Gasteiger partial charge in [-0.05, 0) is 30.2 Å². The summed E-state index contributed by atoms with van der Waals surface area (Å²) in [4.78, 5) is 0. The quantitative estimate of drug-likeness (QED) is 0.694. The predicted molar refractivity (Wildman–Crippen MR) is 52.5 cm³/mol. The molecule has 2 N–H and O–H groups in total. The molecule has 0 aromatic heterocycles. The number of benzene rings is 1. The lowest BCUT2D eigenvalue weighted by molar-refractivity contribution is 0.0523. The van der Waals surface area contributed by atoms with Crippen molar-refractivity contribution < 1.29 is 10.2 Å². The summed E-state index contributed by atoms with van der Waals surface area (Å²) in [6.07, 6.45) is -2.75. The van der Waals surface area contributed by atoms with Crippen LogP contribution in [0.4, 0.5) is 0 Å². The highest BCUT2D eigenvalue weighted by Gasteiger charge is 2.19. The van der Waals surface area contributed by atoms with E-state index in [9.17, 15) is 10.2 Å². The maximum Gasteiger partial charge on any atom is 0.170 e. The van der Waals surface area contributed by atoms with Crippen molar-refractivity contribution in [2.24, 2.45) is 0 Å². The van der Waals surface area contributed by atoms with Crippen LogP contribution in [0.3, 0.4) is 0 Å². The van der Waals surface area contributed by atoms with Gasteiger partial charge >= 0.3 is 0 Å². The van der Waals surface area contributed by atoms with E-state index >= 15 is 0 Å². The molecule has 2 atom stereocenters. The van der Waals surface area contributed by atoms with E-state index in [4.69, 9.17) is 10.5 Å². The topological polar surface area (TPSA) is 88.0 Å². The van der Waals surface area contributed by atoms with Crippen LogP contribution in [0.2, 0.25) is 0 Å². The number of hydrogen-bond acceptors (Lipinski definition) is 4. The molecule has 4 nitrogen and oxygen atoms in total. The Morgan fingerprint density at radius 3 is 2.47 bits per heavy atom. The zero-order valence-corrected chi connectivity index (χ0v) is 8.18. The molecule has 1 aromatic carbocycles. The van der Waals surface area contributed by atoms with Gasteiger partial charge in [-0.3, -0.25) is 0 Å². The van der Waals surface area contributed by atoms with E-state index < -0.39 is 12.2 Å². The van der Waals surface area contributed by atoms with E-state index in [0.29, 0.717) is 11.1 Å². The SMILES string of the molecule is Cc1ccc(C#N)cc1C(O)C(O)C#N. The number of aryl methyl sites for hydroxylation is 1. The van der Waals surface area contributed by atoms with Crippen molar-refractivity contribution in [1.82, 2.24) is 0 Å². The summed E-state index contributed by atoms with van der Waals surface area (Å²) in [7, 11) is 0. The number of aliphatic hydroxyl groups is 2. The van der Waals surface area contributed by atoms with Gasteiger partial charge in [-0.25, -0.2) is 0 Å². The van der Waals surface area contributed by atoms with E-state index in [1.165, 1.54) is 6.07 Å². The molecule has 0 aliphatic heterocycles. The number of nitrogens with zero attached hydrogens (tertiary/aromatic N) is 2. The molecule has 0 aliphatic rings. The Morgan fingerprint density at radius 2 is 1.93 bits per heavy atom. The second kappa shape index (κ2) is 4.56. The van der Waals surface area contributed by atoms with Crippen LogP contribution in [0.5, 0.6) is 0 Å². The van der Waals surface area contributed by atoms with E-state index in [-0.39, 0.29) is 0 Å². The molecule has 0 fully saturated rings. The molecule has 0 saturated heterocycles. The van der Waals surface area contributed by atoms with Crippen molar-refractivity contribution in [3.63, 3.8) is 0 Å². The molecule has 1 aromatic rings. The average molecular weight is 202 g/mol. The summed E-state index contributed by atoms with van der Waals surface area (Å²) in [5.74, 6) is 0. The van der Waals surface area contributed by atoms with Crippen LogP contribution >= 0.6 is 0 Å². The summed E-state index contributed by atoms with van der Waals surface area (Å²) >= 11 is 0. The number of nitriles is 2. The third-order valence-corrected chi connectivity index (χ3v) is 2.16. The predicted octanol–water partition coefficient (Wildman–Crippen LogP) is 0.785. The maximum absolute atomic E-state index is 9.61. The minimum Gasteiger partial charge on any atom is -0.385 e. The summed E-state index contributed by atoms with van der Waals surface area (Å²) in [5.41, 5.74) is 1.53. The molecule has 15 heavy (non-hydrogen) atoms. The van der Waals surface area contributed by atoms with Gasteiger partial charge in [0.2, 0.25) is 0 Å². The normalized spacial score (nSPS) is 13.7. The van der Waals surface area contributed by atoms with E-state index in [0.717, 1.165) is 5.56 Å². The first-order valence-corrected chi connectivity index (χ1v) is 4.36. The van der Waals surface area contributed by atoms with Gasteiger partial charge in [0.15, 0.2) is 6.10 Å². The molecule has 1 rings (SSSR count). The Bertz CT molecular complexity index is 443. The van der Waals surface area contributed by atoms with Crippen molar-refractivity contribution in [2.75, 3.05) is 0 Å². The average Bonchev–Trinajstić information content (AvgIpc) is 2.27. The summed E-state index contributed by atoms with van der Waals surface area (Å²) in [6, 6.07) is 8.24. The zero-order chi connectivity index (χ0) is 11.4. The van der Waals surface area contributed by atoms with Crippen molar-refractivity contribution in [2.45, 2.75) is 19.1 Å². The molecule has 2 unspecified atom stereocenters. The standard InChI is InChI=1S/C11H10N2O2/c1-7-2-3-8(5-12)4-9(7)11(15)10(14)6-13/h2-4,10-11,14-15H,1H3. The Morgan fingerprint density at radius 1 is 1.27 bits per heavy atom. The van der Waals surface area contributed by atoms with E-state index in [1.54, 1.807) is 25.1 Å². The van der Waals surface area contributed by atoms with Crippen molar-refractivity contribution in [3.8, 4) is 12.1 Å². The highest BCUT2D eigenvalue weighted by Crippen LogP contribution is 2.21. The molecule has 0 aliphatic carbocycles. The summed E-state index contributed by atoms with van der Waals surface area (Å²) < 4.78 is 0. The fourth-order valence-corrected chi connectivity index (χ4v) is 1.27. The molecule has 0 bridgehead atoms. The molecule has 0 amide bonds. The molecule has 0 radical (unpaired) electrons. The molecular weight excluding hydrogens is 192 g/mol. The van der Waals surface area contributed by atoms with Crippen LogP contribution in [-0.2, 0) is 0 Å².